The van der Waals surface area contributed by atoms with Crippen molar-refractivity contribution in [1.29, 1.82) is 0 Å². The average Bonchev–Trinajstić information content (AvgIpc) is 3.22. The van der Waals surface area contributed by atoms with Gasteiger partial charge in [0.15, 0.2) is 22.4 Å². The van der Waals surface area contributed by atoms with Crippen molar-refractivity contribution < 1.29 is 4.43 Å². The van der Waals surface area contributed by atoms with Crippen molar-refractivity contribution in [3.63, 3.8) is 0 Å². The molecule has 0 aromatic carbocycles. The van der Waals surface area contributed by atoms with Crippen LogP contribution in [0.5, 0.6) is 0 Å². The molecule has 0 saturated heterocycles. The van der Waals surface area contributed by atoms with E-state index in [9.17, 15) is 0 Å². The molecule has 0 amide bonds. The highest BCUT2D eigenvalue weighted by molar-refractivity contribution is 6.77. The van der Waals surface area contributed by atoms with Gasteiger partial charge in [0.25, 0.3) is 0 Å². The summed E-state index contributed by atoms with van der Waals surface area (Å²) in [4.78, 5) is 7.13. The highest BCUT2D eigenvalue weighted by atomic mass is 28.4. The standard InChI is InChI=1S/C27H49N5OSi2/c1-20(2)35(21(3)4,22(5)6)33-19-13-17-25-27(29-30-32(25)34(8,9)10)31(7)24-16-11-14-23-15-12-18-28-26(23)24/h12,15,18,20-22,24H,11,13-14,16-17,19H2,1-10H3. The van der Waals surface area contributed by atoms with E-state index < -0.39 is 16.6 Å². The van der Waals surface area contributed by atoms with Crippen molar-refractivity contribution in [3.05, 3.63) is 35.3 Å². The fourth-order valence-electron chi connectivity index (χ4n) is 6.42. The predicted octanol–water partition coefficient (Wildman–Crippen LogP) is 6.99. The number of hydrogen-bond acceptors (Lipinski definition) is 5. The Morgan fingerprint density at radius 1 is 1.09 bits per heavy atom. The smallest absolute Gasteiger partial charge is 0.200 e. The molecule has 6 nitrogen and oxygen atoms in total. The van der Waals surface area contributed by atoms with Crippen molar-refractivity contribution >= 4 is 22.4 Å². The molecule has 2 aromatic rings. The highest BCUT2D eigenvalue weighted by Gasteiger charge is 2.44. The van der Waals surface area contributed by atoms with Gasteiger partial charge in [-0.2, -0.15) is 0 Å². The van der Waals surface area contributed by atoms with E-state index in [1.54, 1.807) is 0 Å². The number of anilines is 1. The molecule has 1 aliphatic rings. The lowest BCUT2D eigenvalue weighted by Gasteiger charge is -2.42. The quantitative estimate of drug-likeness (QED) is 0.238. The van der Waals surface area contributed by atoms with Crippen LogP contribution in [0.25, 0.3) is 0 Å². The van der Waals surface area contributed by atoms with Crippen molar-refractivity contribution in [1.82, 2.24) is 19.6 Å². The molecule has 2 aromatic heterocycles. The fourth-order valence-corrected chi connectivity index (χ4v) is 13.3. The van der Waals surface area contributed by atoms with Crippen LogP contribution in [-0.2, 0) is 17.3 Å². The number of nitrogens with zero attached hydrogens (tertiary/aromatic N) is 5. The van der Waals surface area contributed by atoms with E-state index >= 15 is 0 Å². The van der Waals surface area contributed by atoms with E-state index in [-0.39, 0.29) is 6.04 Å². The monoisotopic (exact) mass is 515 g/mol. The summed E-state index contributed by atoms with van der Waals surface area (Å²) in [5, 5.41) is 9.46. The molecule has 2 heterocycles. The van der Waals surface area contributed by atoms with Gasteiger partial charge in [0.05, 0.1) is 17.4 Å². The van der Waals surface area contributed by atoms with Crippen molar-refractivity contribution in [3.8, 4) is 0 Å². The van der Waals surface area contributed by atoms with Crippen LogP contribution in [0.4, 0.5) is 5.82 Å². The zero-order valence-corrected chi connectivity index (χ0v) is 25.9. The third-order valence-electron chi connectivity index (χ3n) is 7.96. The Morgan fingerprint density at radius 2 is 1.74 bits per heavy atom. The van der Waals surface area contributed by atoms with Crippen LogP contribution in [0.2, 0.25) is 36.3 Å². The lowest BCUT2D eigenvalue weighted by molar-refractivity contribution is 0.272. The van der Waals surface area contributed by atoms with Gasteiger partial charge in [-0.15, -0.1) is 5.10 Å². The second-order valence-corrected chi connectivity index (χ2v) is 22.5. The van der Waals surface area contributed by atoms with Crippen LogP contribution in [0.15, 0.2) is 18.3 Å². The molecule has 196 valence electrons. The summed E-state index contributed by atoms with van der Waals surface area (Å²) in [6.45, 7) is 22.0. The van der Waals surface area contributed by atoms with Gasteiger partial charge < -0.3 is 9.33 Å². The maximum atomic E-state index is 6.88. The van der Waals surface area contributed by atoms with Crippen molar-refractivity contribution in [2.45, 2.75) is 116 Å². The Bertz CT molecular complexity index is 945. The van der Waals surface area contributed by atoms with Gasteiger partial charge in [0.2, 0.25) is 0 Å². The predicted molar refractivity (Wildman–Crippen MR) is 152 cm³/mol. The van der Waals surface area contributed by atoms with Crippen molar-refractivity contribution in [2.24, 2.45) is 0 Å². The lowest BCUT2D eigenvalue weighted by atomic mass is 9.91. The van der Waals surface area contributed by atoms with Crippen LogP contribution in [0.3, 0.4) is 0 Å². The second kappa shape index (κ2) is 11.3. The van der Waals surface area contributed by atoms with Gasteiger partial charge in [-0.3, -0.25) is 9.33 Å². The molecule has 1 aliphatic carbocycles. The first-order valence-electron chi connectivity index (χ1n) is 13.7. The number of rotatable bonds is 11. The van der Waals surface area contributed by atoms with Gasteiger partial charge in [0, 0.05) is 19.9 Å². The van der Waals surface area contributed by atoms with Crippen LogP contribution >= 0.6 is 0 Å². The number of hydrogen-bond donors (Lipinski definition) is 0. The summed E-state index contributed by atoms with van der Waals surface area (Å²) in [6, 6.07) is 4.54. The topological polar surface area (TPSA) is 56.1 Å². The normalized spacial score (nSPS) is 16.9. The molecular formula is C27H49N5OSi2. The molecule has 8 heteroatoms. The second-order valence-electron chi connectivity index (χ2n) is 12.3. The number of fused-ring (bicyclic) bond motifs is 1. The fraction of sp³-hybridized carbons (Fsp3) is 0.741. The van der Waals surface area contributed by atoms with E-state index in [1.807, 2.05) is 6.20 Å². The molecule has 0 bridgehead atoms. The first kappa shape index (κ1) is 28.1. The summed E-state index contributed by atoms with van der Waals surface area (Å²) < 4.78 is 9.14. The highest BCUT2D eigenvalue weighted by Crippen LogP contribution is 2.42. The molecule has 0 saturated carbocycles. The van der Waals surface area contributed by atoms with Gasteiger partial charge in [-0.1, -0.05) is 52.8 Å². The van der Waals surface area contributed by atoms with E-state index in [0.717, 1.165) is 38.1 Å². The van der Waals surface area contributed by atoms with E-state index in [4.69, 9.17) is 19.7 Å². The van der Waals surface area contributed by atoms with Gasteiger partial charge in [0.1, 0.15) is 0 Å². The van der Waals surface area contributed by atoms with Crippen LogP contribution in [-0.4, -0.2) is 49.9 Å². The molecule has 35 heavy (non-hydrogen) atoms. The molecule has 0 spiro atoms. The zero-order valence-electron chi connectivity index (χ0n) is 23.9. The number of pyridine rings is 1. The maximum Gasteiger partial charge on any atom is 0.200 e. The SMILES string of the molecule is CC(C)[Si](OCCCc1c(N(C)C2CCCc3cccnc32)nnn1[Si](C)(C)C)(C(C)C)C(C)C. The van der Waals surface area contributed by atoms with Crippen LogP contribution in [0.1, 0.15) is 83.8 Å². The third kappa shape index (κ3) is 5.75. The molecule has 1 atom stereocenters. The lowest BCUT2D eigenvalue weighted by Crippen LogP contribution is -2.48. The number of aromatic nitrogens is 4. The first-order chi connectivity index (χ1) is 16.4. The third-order valence-corrected chi connectivity index (χ3v) is 15.7. The summed E-state index contributed by atoms with van der Waals surface area (Å²) >= 11 is 0. The molecule has 0 aliphatic heterocycles. The van der Waals surface area contributed by atoms with Crippen LogP contribution < -0.4 is 4.90 Å². The molecule has 0 fully saturated rings. The number of aryl methyl sites for hydroxylation is 1. The van der Waals surface area contributed by atoms with E-state index in [0.29, 0.717) is 16.6 Å². The summed E-state index contributed by atoms with van der Waals surface area (Å²) in [7, 11) is -1.37. The molecular weight excluding hydrogens is 467 g/mol. The summed E-state index contributed by atoms with van der Waals surface area (Å²) in [6.07, 6.45) is 7.28. The first-order valence-corrected chi connectivity index (χ1v) is 19.3. The Balaban J connectivity index is 1.83. The molecule has 0 radical (unpaired) electrons. The Hall–Kier alpha value is -1.52. The van der Waals surface area contributed by atoms with Gasteiger partial charge >= 0.3 is 0 Å². The minimum Gasteiger partial charge on any atom is -0.416 e. The molecule has 3 rings (SSSR count). The Kier molecular flexibility index (Phi) is 9.02. The van der Waals surface area contributed by atoms with Gasteiger partial charge in [-0.05, 0) is 80.0 Å². The maximum absolute atomic E-state index is 6.88. The zero-order chi connectivity index (χ0) is 26.0. The molecule has 1 unspecified atom stereocenters. The minimum atomic E-state index is -1.85. The van der Waals surface area contributed by atoms with E-state index in [1.165, 1.54) is 23.4 Å². The summed E-state index contributed by atoms with van der Waals surface area (Å²) in [5.41, 5.74) is 5.68. The average molecular weight is 516 g/mol. The van der Waals surface area contributed by atoms with Crippen LogP contribution in [0, 0.1) is 0 Å². The molecule has 0 N–H and O–H groups in total. The summed E-state index contributed by atoms with van der Waals surface area (Å²) in [5.74, 6) is 1.02. The minimum absolute atomic E-state index is 0.254. The van der Waals surface area contributed by atoms with Gasteiger partial charge in [-0.25, -0.2) is 0 Å². The van der Waals surface area contributed by atoms with E-state index in [2.05, 4.69) is 89.6 Å². The van der Waals surface area contributed by atoms with Crippen molar-refractivity contribution in [2.75, 3.05) is 18.6 Å². The Morgan fingerprint density at radius 3 is 2.34 bits per heavy atom. The largest absolute Gasteiger partial charge is 0.416 e. The Labute approximate surface area is 216 Å².